The summed E-state index contributed by atoms with van der Waals surface area (Å²) in [7, 11) is 0. The Morgan fingerprint density at radius 1 is 1.32 bits per heavy atom. The fraction of sp³-hybridized carbons (Fsp3) is 0.500. The molecule has 2 heterocycles. The second-order valence-electron chi connectivity index (χ2n) is 8.03. The Morgan fingerprint density at radius 3 is 2.75 bits per heavy atom. The first-order chi connectivity index (χ1) is 13.3. The molecular weight excluding hydrogens is 374 g/mol. The van der Waals surface area contributed by atoms with E-state index in [0.29, 0.717) is 22.2 Å². The third-order valence-corrected chi connectivity index (χ3v) is 5.84. The zero-order valence-corrected chi connectivity index (χ0v) is 17.8. The van der Waals surface area contributed by atoms with Crippen LogP contribution in [0.5, 0.6) is 0 Å². The van der Waals surface area contributed by atoms with Gasteiger partial charge in [0.15, 0.2) is 0 Å². The minimum Gasteiger partial charge on any atom is -0.371 e. The molecular formula is C22H28ClN3O2. The molecule has 0 radical (unpaired) electrons. The summed E-state index contributed by atoms with van der Waals surface area (Å²) in [4.78, 5) is 31.4. The van der Waals surface area contributed by atoms with E-state index in [-0.39, 0.29) is 18.4 Å². The van der Waals surface area contributed by atoms with Gasteiger partial charge >= 0.3 is 0 Å². The number of amides is 2. The van der Waals surface area contributed by atoms with Crippen LogP contribution in [0.4, 0.5) is 5.69 Å². The van der Waals surface area contributed by atoms with Crippen molar-refractivity contribution < 1.29 is 9.59 Å². The molecule has 1 fully saturated rings. The second-order valence-corrected chi connectivity index (χ2v) is 8.47. The van der Waals surface area contributed by atoms with Crippen molar-refractivity contribution in [2.45, 2.75) is 40.5 Å². The number of allylic oxidation sites excluding steroid dienone is 1. The molecule has 1 aromatic rings. The van der Waals surface area contributed by atoms with Crippen LogP contribution in [0.2, 0.25) is 5.02 Å². The predicted octanol–water partition coefficient (Wildman–Crippen LogP) is 4.18. The lowest BCUT2D eigenvalue weighted by atomic mass is 9.95. The summed E-state index contributed by atoms with van der Waals surface area (Å²) < 4.78 is 0. The minimum absolute atomic E-state index is 0.205. The van der Waals surface area contributed by atoms with Gasteiger partial charge in [0, 0.05) is 41.6 Å². The Balaban J connectivity index is 1.77. The highest BCUT2D eigenvalue weighted by atomic mass is 35.5. The lowest BCUT2D eigenvalue weighted by Crippen LogP contribution is -2.36. The Kier molecular flexibility index (Phi) is 6.23. The molecule has 28 heavy (non-hydrogen) atoms. The van der Waals surface area contributed by atoms with Crippen LogP contribution < -0.4 is 10.2 Å². The monoisotopic (exact) mass is 401 g/mol. The zero-order valence-electron chi connectivity index (χ0n) is 17.0. The van der Waals surface area contributed by atoms with Crippen LogP contribution >= 0.6 is 11.6 Å². The largest absolute Gasteiger partial charge is 0.371 e. The van der Waals surface area contributed by atoms with Gasteiger partial charge in [0.25, 0.3) is 11.8 Å². The van der Waals surface area contributed by atoms with E-state index in [0.717, 1.165) is 36.3 Å². The number of rotatable bonds is 4. The van der Waals surface area contributed by atoms with Crippen LogP contribution in [0, 0.1) is 18.8 Å². The first-order valence-corrected chi connectivity index (χ1v) is 10.2. The number of nitrogens with zero attached hydrogens (tertiary/aromatic N) is 2. The average molecular weight is 402 g/mol. The van der Waals surface area contributed by atoms with E-state index in [1.807, 2.05) is 26.0 Å². The number of hydrogen-bond acceptors (Lipinski definition) is 3. The molecule has 2 aliphatic rings. The number of piperidine rings is 1. The highest BCUT2D eigenvalue weighted by Gasteiger charge is 2.25. The van der Waals surface area contributed by atoms with Crippen LogP contribution in [0.15, 0.2) is 28.8 Å². The molecule has 1 saturated heterocycles. The topological polar surface area (TPSA) is 61.8 Å². The molecule has 0 aromatic heterocycles. The molecule has 150 valence electrons. The summed E-state index contributed by atoms with van der Waals surface area (Å²) in [5.41, 5.74) is 4.13. The molecule has 0 aliphatic carbocycles. The van der Waals surface area contributed by atoms with Crippen LogP contribution in [-0.2, 0) is 4.79 Å². The maximum absolute atomic E-state index is 12.9. The summed E-state index contributed by atoms with van der Waals surface area (Å²) in [5.74, 6) is -0.197. The summed E-state index contributed by atoms with van der Waals surface area (Å²) in [6.07, 6.45) is 4.26. The lowest BCUT2D eigenvalue weighted by Gasteiger charge is -2.34. The third kappa shape index (κ3) is 4.46. The smallest absolute Gasteiger partial charge is 0.254 e. The standard InChI is InChI=1S/C22H28ClN3O2/c1-13-6-5-7-26(12-13)20-10-17(23)9-18(16(20)4)21(27)24-11-19-14(2)8-15(3)25-22(19)28/h8-10,13,19H,5-7,11-12H2,1-4H3,(H,24,27). The molecule has 1 N–H and O–H groups in total. The number of anilines is 1. The molecule has 2 atom stereocenters. The molecule has 5 nitrogen and oxygen atoms in total. The van der Waals surface area contributed by atoms with E-state index in [1.54, 1.807) is 13.0 Å². The number of carbonyl (C=O) groups is 2. The molecule has 1 aromatic carbocycles. The first kappa shape index (κ1) is 20.6. The third-order valence-electron chi connectivity index (χ3n) is 5.62. The van der Waals surface area contributed by atoms with Gasteiger partial charge in [-0.25, -0.2) is 4.99 Å². The van der Waals surface area contributed by atoms with E-state index < -0.39 is 5.92 Å². The Bertz CT molecular complexity index is 860. The van der Waals surface area contributed by atoms with Crippen molar-refractivity contribution in [3.05, 3.63) is 39.9 Å². The van der Waals surface area contributed by atoms with E-state index in [9.17, 15) is 9.59 Å². The second kappa shape index (κ2) is 8.48. The van der Waals surface area contributed by atoms with Crippen molar-refractivity contribution >= 4 is 34.8 Å². The van der Waals surface area contributed by atoms with Crippen molar-refractivity contribution in [1.82, 2.24) is 5.32 Å². The number of halogens is 1. The molecule has 0 spiro atoms. The van der Waals surface area contributed by atoms with Crippen LogP contribution in [-0.4, -0.2) is 37.2 Å². The van der Waals surface area contributed by atoms with Gasteiger partial charge in [0.2, 0.25) is 0 Å². The van der Waals surface area contributed by atoms with Crippen LogP contribution in [0.1, 0.15) is 49.5 Å². The zero-order chi connectivity index (χ0) is 20.4. The summed E-state index contributed by atoms with van der Waals surface area (Å²) >= 11 is 6.35. The molecule has 0 bridgehead atoms. The fourth-order valence-electron chi connectivity index (χ4n) is 4.08. The van der Waals surface area contributed by atoms with Gasteiger partial charge in [-0.3, -0.25) is 9.59 Å². The molecule has 2 unspecified atom stereocenters. The highest BCUT2D eigenvalue weighted by Crippen LogP contribution is 2.31. The number of dihydropyridines is 1. The minimum atomic E-state index is -0.408. The number of nitrogens with one attached hydrogen (secondary N) is 1. The van der Waals surface area contributed by atoms with Crippen molar-refractivity contribution in [1.29, 1.82) is 0 Å². The normalized spacial score (nSPS) is 22.6. The number of carbonyl (C=O) groups excluding carboxylic acids is 2. The number of benzene rings is 1. The molecule has 2 aliphatic heterocycles. The van der Waals surface area contributed by atoms with Crippen LogP contribution in [0.3, 0.4) is 0 Å². The van der Waals surface area contributed by atoms with Gasteiger partial charge < -0.3 is 10.2 Å². The maximum Gasteiger partial charge on any atom is 0.254 e. The van der Waals surface area contributed by atoms with E-state index in [2.05, 4.69) is 22.1 Å². The molecule has 3 rings (SSSR count). The van der Waals surface area contributed by atoms with Gasteiger partial charge in [-0.15, -0.1) is 0 Å². The fourth-order valence-corrected chi connectivity index (χ4v) is 4.30. The van der Waals surface area contributed by atoms with E-state index >= 15 is 0 Å². The van der Waals surface area contributed by atoms with Gasteiger partial charge in [0.05, 0.1) is 5.92 Å². The SMILES string of the molecule is CC1=CC(C)=NC(=O)C1CNC(=O)c1cc(Cl)cc(N2CCCC(C)C2)c1C. The quantitative estimate of drug-likeness (QED) is 0.823. The summed E-state index contributed by atoms with van der Waals surface area (Å²) in [5, 5.41) is 3.45. The molecule has 2 amide bonds. The van der Waals surface area contributed by atoms with Crippen LogP contribution in [0.25, 0.3) is 0 Å². The average Bonchev–Trinajstić information content (AvgIpc) is 2.62. The summed E-state index contributed by atoms with van der Waals surface area (Å²) in [6.45, 7) is 10.1. The van der Waals surface area contributed by atoms with Gasteiger partial charge in [0.1, 0.15) is 0 Å². The van der Waals surface area contributed by atoms with Crippen molar-refractivity contribution in [2.24, 2.45) is 16.8 Å². The predicted molar refractivity (Wildman–Crippen MR) is 114 cm³/mol. The lowest BCUT2D eigenvalue weighted by molar-refractivity contribution is -0.120. The van der Waals surface area contributed by atoms with E-state index in [4.69, 9.17) is 11.6 Å². The Labute approximate surface area is 171 Å². The van der Waals surface area contributed by atoms with E-state index in [1.165, 1.54) is 6.42 Å². The molecule has 0 saturated carbocycles. The first-order valence-electron chi connectivity index (χ1n) is 9.87. The van der Waals surface area contributed by atoms with Gasteiger partial charge in [-0.1, -0.05) is 24.1 Å². The Hall–Kier alpha value is -2.14. The van der Waals surface area contributed by atoms with Gasteiger partial charge in [-0.05, 0) is 63.3 Å². The van der Waals surface area contributed by atoms with Crippen molar-refractivity contribution in [3.8, 4) is 0 Å². The number of aliphatic imine (C=N–C) groups is 1. The van der Waals surface area contributed by atoms with Crippen molar-refractivity contribution in [3.63, 3.8) is 0 Å². The molecule has 6 heteroatoms. The van der Waals surface area contributed by atoms with Crippen molar-refractivity contribution in [2.75, 3.05) is 24.5 Å². The maximum atomic E-state index is 12.9. The highest BCUT2D eigenvalue weighted by molar-refractivity contribution is 6.31. The van der Waals surface area contributed by atoms with Gasteiger partial charge in [-0.2, -0.15) is 0 Å². The Morgan fingerprint density at radius 2 is 2.07 bits per heavy atom. The number of hydrogen-bond donors (Lipinski definition) is 1. The summed E-state index contributed by atoms with van der Waals surface area (Å²) in [6, 6.07) is 3.65.